The highest BCUT2D eigenvalue weighted by atomic mass is 79.9. The number of carbonyl (C=O) groups is 1. The minimum absolute atomic E-state index is 0.149. The Morgan fingerprint density at radius 3 is 2.47 bits per heavy atom. The molecular weight excluding hydrogens is 263 g/mol. The lowest BCUT2D eigenvalue weighted by molar-refractivity contribution is -0.132. The van der Waals surface area contributed by atoms with Crippen molar-refractivity contribution in [2.45, 2.75) is 13.8 Å². The first-order valence-corrected chi connectivity index (χ1v) is 5.09. The first kappa shape index (κ1) is 11.9. The van der Waals surface area contributed by atoms with Crippen LogP contribution in [0.15, 0.2) is 28.2 Å². The second-order valence-electron chi connectivity index (χ2n) is 3.18. The van der Waals surface area contributed by atoms with Crippen LogP contribution < -0.4 is 0 Å². The molecule has 0 aliphatic carbocycles. The summed E-state index contributed by atoms with van der Waals surface area (Å²) < 4.78 is 14.1. The number of rotatable bonds is 2. The van der Waals surface area contributed by atoms with Gasteiger partial charge in [0.25, 0.3) is 0 Å². The van der Waals surface area contributed by atoms with Gasteiger partial charge in [-0.2, -0.15) is 0 Å². The summed E-state index contributed by atoms with van der Waals surface area (Å²) in [7, 11) is 0. The van der Waals surface area contributed by atoms with Gasteiger partial charge in [0.05, 0.1) is 0 Å². The van der Waals surface area contributed by atoms with Gasteiger partial charge in [-0.25, -0.2) is 9.18 Å². The van der Waals surface area contributed by atoms with Gasteiger partial charge in [0, 0.05) is 15.6 Å². The number of hydrogen-bond acceptors (Lipinski definition) is 1. The maximum absolute atomic E-state index is 13.5. The summed E-state index contributed by atoms with van der Waals surface area (Å²) >= 11 is 3.14. The van der Waals surface area contributed by atoms with Gasteiger partial charge in [-0.05, 0) is 31.6 Å². The molecule has 0 fully saturated rings. The van der Waals surface area contributed by atoms with Crippen molar-refractivity contribution >= 4 is 27.5 Å². The van der Waals surface area contributed by atoms with E-state index in [1.165, 1.54) is 13.0 Å². The van der Waals surface area contributed by atoms with E-state index in [4.69, 9.17) is 5.11 Å². The van der Waals surface area contributed by atoms with E-state index in [0.29, 0.717) is 15.6 Å². The van der Waals surface area contributed by atoms with Gasteiger partial charge in [0.15, 0.2) is 0 Å². The zero-order valence-electron chi connectivity index (χ0n) is 8.34. The molecule has 0 unspecified atom stereocenters. The SMILES string of the molecule is C/C(C(=O)O)=C(/C)c1ccc(Br)cc1F. The van der Waals surface area contributed by atoms with E-state index >= 15 is 0 Å². The lowest BCUT2D eigenvalue weighted by Gasteiger charge is -2.06. The van der Waals surface area contributed by atoms with E-state index in [-0.39, 0.29) is 5.57 Å². The van der Waals surface area contributed by atoms with Crippen LogP contribution >= 0.6 is 15.9 Å². The number of carboxylic acid groups (broad SMARTS) is 1. The molecule has 0 aliphatic rings. The molecule has 0 radical (unpaired) electrons. The number of aliphatic carboxylic acids is 1. The Bertz CT molecular complexity index is 438. The first-order chi connectivity index (χ1) is 6.93. The maximum Gasteiger partial charge on any atom is 0.331 e. The van der Waals surface area contributed by atoms with Crippen LogP contribution in [-0.2, 0) is 4.79 Å². The third kappa shape index (κ3) is 2.65. The predicted octanol–water partition coefficient (Wildman–Crippen LogP) is 3.47. The lowest BCUT2D eigenvalue weighted by atomic mass is 10.0. The molecule has 0 aliphatic heterocycles. The van der Waals surface area contributed by atoms with Crippen molar-refractivity contribution < 1.29 is 14.3 Å². The Labute approximate surface area is 95.6 Å². The average Bonchev–Trinajstić information content (AvgIpc) is 2.15. The fraction of sp³-hybridized carbons (Fsp3) is 0.182. The highest BCUT2D eigenvalue weighted by Gasteiger charge is 2.11. The number of benzene rings is 1. The summed E-state index contributed by atoms with van der Waals surface area (Å²) in [5.41, 5.74) is 0.904. The van der Waals surface area contributed by atoms with Crippen molar-refractivity contribution in [2.24, 2.45) is 0 Å². The van der Waals surface area contributed by atoms with Crippen LogP contribution in [0.5, 0.6) is 0 Å². The molecule has 4 heteroatoms. The fourth-order valence-corrected chi connectivity index (χ4v) is 1.49. The third-order valence-electron chi connectivity index (χ3n) is 2.22. The normalized spacial score (nSPS) is 12.3. The zero-order chi connectivity index (χ0) is 11.6. The quantitative estimate of drug-likeness (QED) is 0.838. The van der Waals surface area contributed by atoms with Crippen molar-refractivity contribution in [1.29, 1.82) is 0 Å². The second kappa shape index (κ2) is 4.57. The second-order valence-corrected chi connectivity index (χ2v) is 4.09. The lowest BCUT2D eigenvalue weighted by Crippen LogP contribution is -2.00. The van der Waals surface area contributed by atoms with E-state index in [1.807, 2.05) is 0 Å². The summed E-state index contributed by atoms with van der Waals surface area (Å²) in [5, 5.41) is 8.77. The Hall–Kier alpha value is -1.16. The van der Waals surface area contributed by atoms with Gasteiger partial charge in [-0.1, -0.05) is 22.0 Å². The smallest absolute Gasteiger partial charge is 0.331 e. The van der Waals surface area contributed by atoms with Crippen molar-refractivity contribution in [1.82, 2.24) is 0 Å². The van der Waals surface area contributed by atoms with Gasteiger partial charge in [-0.3, -0.25) is 0 Å². The molecule has 0 saturated carbocycles. The highest BCUT2D eigenvalue weighted by Crippen LogP contribution is 2.24. The molecule has 0 spiro atoms. The number of halogens is 2. The van der Waals surface area contributed by atoms with E-state index in [1.54, 1.807) is 19.1 Å². The van der Waals surface area contributed by atoms with Crippen molar-refractivity contribution in [3.05, 3.63) is 39.6 Å². The van der Waals surface area contributed by atoms with Gasteiger partial charge in [-0.15, -0.1) is 0 Å². The van der Waals surface area contributed by atoms with Crippen LogP contribution in [0.3, 0.4) is 0 Å². The van der Waals surface area contributed by atoms with Gasteiger partial charge >= 0.3 is 5.97 Å². The van der Waals surface area contributed by atoms with Crippen LogP contribution in [0.25, 0.3) is 5.57 Å². The van der Waals surface area contributed by atoms with Gasteiger partial charge in [0.1, 0.15) is 5.82 Å². The van der Waals surface area contributed by atoms with Crippen molar-refractivity contribution in [3.8, 4) is 0 Å². The predicted molar refractivity (Wildman–Crippen MR) is 60.0 cm³/mol. The van der Waals surface area contributed by atoms with E-state index < -0.39 is 11.8 Å². The molecule has 0 amide bonds. The first-order valence-electron chi connectivity index (χ1n) is 4.29. The highest BCUT2D eigenvalue weighted by molar-refractivity contribution is 9.10. The van der Waals surface area contributed by atoms with Crippen LogP contribution in [0.4, 0.5) is 4.39 Å². The molecule has 1 rings (SSSR count). The summed E-state index contributed by atoms with van der Waals surface area (Å²) in [6.07, 6.45) is 0. The summed E-state index contributed by atoms with van der Waals surface area (Å²) in [4.78, 5) is 10.7. The number of hydrogen-bond donors (Lipinski definition) is 1. The van der Waals surface area contributed by atoms with Gasteiger partial charge < -0.3 is 5.11 Å². The zero-order valence-corrected chi connectivity index (χ0v) is 9.93. The third-order valence-corrected chi connectivity index (χ3v) is 2.71. The monoisotopic (exact) mass is 272 g/mol. The molecule has 0 aromatic heterocycles. The average molecular weight is 273 g/mol. The number of allylic oxidation sites excluding steroid dienone is 1. The molecule has 0 saturated heterocycles. The molecule has 1 aromatic carbocycles. The van der Waals surface area contributed by atoms with Crippen LogP contribution in [0.1, 0.15) is 19.4 Å². The molecule has 0 bridgehead atoms. The molecule has 0 heterocycles. The van der Waals surface area contributed by atoms with Crippen LogP contribution in [-0.4, -0.2) is 11.1 Å². The van der Waals surface area contributed by atoms with Crippen LogP contribution in [0.2, 0.25) is 0 Å². The molecule has 2 nitrogen and oxygen atoms in total. The van der Waals surface area contributed by atoms with E-state index in [0.717, 1.165) is 0 Å². The summed E-state index contributed by atoms with van der Waals surface area (Å²) in [5.74, 6) is -1.46. The Balaban J connectivity index is 3.29. The van der Waals surface area contributed by atoms with E-state index in [9.17, 15) is 9.18 Å². The topological polar surface area (TPSA) is 37.3 Å². The standard InChI is InChI=1S/C11H10BrFO2/c1-6(7(2)11(14)15)9-4-3-8(12)5-10(9)13/h3-5H,1-2H3,(H,14,15)/b7-6+. The molecule has 80 valence electrons. The summed E-state index contributed by atoms with van der Waals surface area (Å²) in [6.45, 7) is 3.05. The molecule has 15 heavy (non-hydrogen) atoms. The Morgan fingerprint density at radius 2 is 2.00 bits per heavy atom. The molecule has 1 N–H and O–H groups in total. The number of carboxylic acids is 1. The summed E-state index contributed by atoms with van der Waals surface area (Å²) in [6, 6.07) is 4.55. The Morgan fingerprint density at radius 1 is 1.40 bits per heavy atom. The fourth-order valence-electron chi connectivity index (χ4n) is 1.16. The van der Waals surface area contributed by atoms with Crippen molar-refractivity contribution in [3.63, 3.8) is 0 Å². The largest absolute Gasteiger partial charge is 0.478 e. The minimum Gasteiger partial charge on any atom is -0.478 e. The maximum atomic E-state index is 13.5. The van der Waals surface area contributed by atoms with Crippen molar-refractivity contribution in [2.75, 3.05) is 0 Å². The Kier molecular flexibility index (Phi) is 3.63. The molecule has 1 aromatic rings. The molecular formula is C11H10BrFO2. The molecule has 0 atom stereocenters. The van der Waals surface area contributed by atoms with Crippen LogP contribution in [0, 0.1) is 5.82 Å². The van der Waals surface area contributed by atoms with Gasteiger partial charge in [0.2, 0.25) is 0 Å². The van der Waals surface area contributed by atoms with E-state index in [2.05, 4.69) is 15.9 Å². The minimum atomic E-state index is -1.03.